The predicted octanol–water partition coefficient (Wildman–Crippen LogP) is 6.41. The minimum absolute atomic E-state index is 0.0180. The number of benzene rings is 2. The maximum absolute atomic E-state index is 13.9. The van der Waals surface area contributed by atoms with E-state index in [1.165, 1.54) is 9.78 Å². The van der Waals surface area contributed by atoms with Crippen LogP contribution in [0.15, 0.2) is 59.0 Å². The smallest absolute Gasteiger partial charge is 0.246 e. The molecule has 19 nitrogen and oxygen atoms in total. The van der Waals surface area contributed by atoms with Crippen molar-refractivity contribution in [2.75, 3.05) is 79.2 Å². The van der Waals surface area contributed by atoms with Crippen molar-refractivity contribution >= 4 is 63.6 Å². The molecule has 0 aliphatic carbocycles. The molecule has 5 heterocycles. The number of hydrogen-bond donors (Lipinski definition) is 4. The lowest BCUT2D eigenvalue weighted by molar-refractivity contribution is -0.144. The maximum Gasteiger partial charge on any atom is 0.246 e. The molecule has 3 aromatic heterocycles. The van der Waals surface area contributed by atoms with Crippen LogP contribution in [0.5, 0.6) is 0 Å². The molecule has 22 heteroatoms. The number of β-amino-alcohol motifs (C(OH)–C–C–N with tert-alkyl or cyclic N) is 1. The van der Waals surface area contributed by atoms with Crippen molar-refractivity contribution in [2.45, 2.75) is 105 Å². The Morgan fingerprint density at radius 3 is 2.09 bits per heavy atom. The monoisotopic (exact) mass is 1120 g/mol. The Morgan fingerprint density at radius 1 is 0.805 bits per heavy atom. The van der Waals surface area contributed by atoms with Crippen molar-refractivity contribution in [3.05, 3.63) is 104 Å². The van der Waals surface area contributed by atoms with Gasteiger partial charge in [0.1, 0.15) is 35.6 Å². The molecule has 1 saturated heterocycles. The van der Waals surface area contributed by atoms with Crippen LogP contribution in [0, 0.1) is 33.1 Å². The lowest BCUT2D eigenvalue weighted by atomic mass is 9.85. The summed E-state index contributed by atoms with van der Waals surface area (Å²) in [6.07, 6.45) is 0.949. The molecule has 416 valence electrons. The van der Waals surface area contributed by atoms with Crippen LogP contribution in [0.3, 0.4) is 0 Å². The second-order valence-corrected chi connectivity index (χ2v) is 22.6. The highest BCUT2D eigenvalue weighted by atomic mass is 35.5. The SMILES string of the molecule is Cc1ncsc1-c1ccc(CNC(=O)[C@@H]2C[C@@H](O)CN2C(=O)[C@@H](NC(=O)COCCOCCOCCCCOCCOCCNC(=O)C[C@@H]2N=C(c3ccc(Cl)cc3)c3c(sc(C)c3C)-n3c(C)nnc32)C(C)(C)C)cc1. The van der Waals surface area contributed by atoms with E-state index in [0.717, 1.165) is 67.8 Å². The van der Waals surface area contributed by atoms with Crippen molar-refractivity contribution in [1.29, 1.82) is 0 Å². The van der Waals surface area contributed by atoms with E-state index in [0.29, 0.717) is 63.6 Å². The first kappa shape index (κ1) is 59.2. The molecule has 4 amide bonds. The first-order chi connectivity index (χ1) is 37.0. The number of aliphatic hydroxyl groups excluding tert-OH is 1. The van der Waals surface area contributed by atoms with Crippen molar-refractivity contribution in [1.82, 2.24) is 40.6 Å². The number of amides is 4. The number of nitrogens with one attached hydrogen (secondary N) is 3. The second-order valence-electron chi connectivity index (χ2n) is 20.1. The average molecular weight is 1120 g/mol. The summed E-state index contributed by atoms with van der Waals surface area (Å²) in [5.41, 5.74) is 7.86. The van der Waals surface area contributed by atoms with Gasteiger partial charge in [0.2, 0.25) is 23.6 Å². The fraction of sp³-hybridized carbons (Fsp3) is 0.527. The van der Waals surface area contributed by atoms with E-state index < -0.39 is 41.5 Å². The molecule has 4 N–H and O–H groups in total. The highest BCUT2D eigenvalue weighted by Crippen LogP contribution is 2.40. The number of aliphatic hydroxyl groups is 1. The van der Waals surface area contributed by atoms with Crippen LogP contribution in [0.1, 0.15) is 97.0 Å². The van der Waals surface area contributed by atoms with Gasteiger partial charge in [-0.05, 0) is 74.8 Å². The van der Waals surface area contributed by atoms with Crippen LogP contribution in [0.2, 0.25) is 5.02 Å². The normalized spacial score (nSPS) is 16.6. The summed E-state index contributed by atoms with van der Waals surface area (Å²) in [4.78, 5) is 66.7. The molecule has 0 unspecified atom stereocenters. The summed E-state index contributed by atoms with van der Waals surface area (Å²) >= 11 is 9.47. The van der Waals surface area contributed by atoms with Crippen molar-refractivity contribution < 1.29 is 48.0 Å². The third-order valence-electron chi connectivity index (χ3n) is 13.2. The number of aryl methyl sites for hydroxylation is 3. The van der Waals surface area contributed by atoms with Crippen LogP contribution in [-0.4, -0.2) is 156 Å². The van der Waals surface area contributed by atoms with Gasteiger partial charge in [-0.15, -0.1) is 32.9 Å². The van der Waals surface area contributed by atoms with Gasteiger partial charge in [0.25, 0.3) is 0 Å². The van der Waals surface area contributed by atoms with Crippen molar-refractivity contribution in [3.8, 4) is 15.4 Å². The molecule has 4 atom stereocenters. The predicted molar refractivity (Wildman–Crippen MR) is 296 cm³/mol. The number of aliphatic imine (C=N–C) groups is 1. The fourth-order valence-electron chi connectivity index (χ4n) is 8.96. The molecule has 0 bridgehead atoms. The van der Waals surface area contributed by atoms with E-state index in [4.69, 9.17) is 40.3 Å². The van der Waals surface area contributed by atoms with Crippen LogP contribution in [0.25, 0.3) is 15.4 Å². The summed E-state index contributed by atoms with van der Waals surface area (Å²) in [6, 6.07) is 13.1. The number of rotatable bonds is 28. The zero-order valence-corrected chi connectivity index (χ0v) is 47.4. The molecule has 0 radical (unpaired) electrons. The minimum atomic E-state index is -0.966. The number of thiazole rings is 1. The topological polar surface area (TPSA) is 230 Å². The van der Waals surface area contributed by atoms with E-state index in [1.807, 2.05) is 93.2 Å². The lowest BCUT2D eigenvalue weighted by Crippen LogP contribution is -2.58. The maximum atomic E-state index is 13.9. The van der Waals surface area contributed by atoms with Gasteiger partial charge in [0, 0.05) is 60.3 Å². The zero-order chi connectivity index (χ0) is 55.1. The van der Waals surface area contributed by atoms with Crippen LogP contribution in [-0.2, 0) is 49.4 Å². The van der Waals surface area contributed by atoms with Crippen molar-refractivity contribution in [3.63, 3.8) is 0 Å². The highest BCUT2D eigenvalue weighted by Gasteiger charge is 2.44. The number of unbranched alkanes of at least 4 members (excludes halogenated alkanes) is 1. The quantitative estimate of drug-likeness (QED) is 0.0398. The number of ether oxygens (including phenoxy) is 5. The Bertz CT molecular complexity index is 2790. The summed E-state index contributed by atoms with van der Waals surface area (Å²) < 4.78 is 30.2. The van der Waals surface area contributed by atoms with E-state index in [1.54, 1.807) is 22.7 Å². The molecule has 5 aromatic rings. The number of thiophene rings is 1. The Hall–Kier alpha value is -5.49. The Balaban J connectivity index is 0.695. The first-order valence-electron chi connectivity index (χ1n) is 26.1. The van der Waals surface area contributed by atoms with Gasteiger partial charge in [-0.25, -0.2) is 4.98 Å². The minimum Gasteiger partial charge on any atom is -0.391 e. The molecule has 0 spiro atoms. The van der Waals surface area contributed by atoms with Gasteiger partial charge in [-0.2, -0.15) is 0 Å². The summed E-state index contributed by atoms with van der Waals surface area (Å²) in [6.45, 7) is 17.3. The van der Waals surface area contributed by atoms with Crippen LogP contribution in [0.4, 0.5) is 0 Å². The largest absolute Gasteiger partial charge is 0.391 e. The van der Waals surface area contributed by atoms with Gasteiger partial charge < -0.3 is 49.6 Å². The van der Waals surface area contributed by atoms with Gasteiger partial charge in [0.15, 0.2) is 5.82 Å². The molecule has 1 fully saturated rings. The highest BCUT2D eigenvalue weighted by molar-refractivity contribution is 7.15. The standard InChI is InChI=1S/C55H72ClN9O10S2/c1-34-36(3)77-54-47(34)48(39-14-16-41(56)17-15-39)60-43(51-63-62-37(4)65(51)54)29-45(67)57-18-21-73-24-22-71-19-8-9-20-72-23-25-74-26-27-75-32-46(68)61-50(55(5,6)7)53(70)64-31-42(66)28-44(64)52(69)58-30-38-10-12-40(13-11-38)49-35(2)59-33-76-49/h10-17,33,42-44,50,66H,8-9,18-32H2,1-7H3,(H,57,67)(H,58,69)(H,61,68)/t42-,43+,44+,50-/m1/s1. The first-order valence-corrected chi connectivity index (χ1v) is 28.1. The van der Waals surface area contributed by atoms with Crippen LogP contribution >= 0.6 is 34.3 Å². The van der Waals surface area contributed by atoms with Crippen LogP contribution < -0.4 is 16.0 Å². The molecule has 2 aliphatic rings. The van der Waals surface area contributed by atoms with Gasteiger partial charge in [-0.1, -0.05) is 68.8 Å². The average Bonchev–Trinajstić information content (AvgIpc) is 4.30. The molecule has 77 heavy (non-hydrogen) atoms. The van der Waals surface area contributed by atoms with Gasteiger partial charge in [-0.3, -0.25) is 28.7 Å². The molecule has 2 aliphatic heterocycles. The number of carbonyl (C=O) groups is 4. The van der Waals surface area contributed by atoms with E-state index in [-0.39, 0.29) is 57.6 Å². The molecular weight excluding hydrogens is 1050 g/mol. The van der Waals surface area contributed by atoms with E-state index in [2.05, 4.69) is 45.0 Å². The summed E-state index contributed by atoms with van der Waals surface area (Å²) in [7, 11) is 0. The summed E-state index contributed by atoms with van der Waals surface area (Å²) in [5, 5.41) is 29.7. The second kappa shape index (κ2) is 28.4. The molecular formula is C55H72ClN9O10S2. The molecule has 2 aromatic carbocycles. The Labute approximate surface area is 463 Å². The lowest BCUT2D eigenvalue weighted by Gasteiger charge is -2.35. The number of hydrogen-bond acceptors (Lipinski definition) is 16. The Kier molecular flexibility index (Phi) is 21.8. The third kappa shape index (κ3) is 16.3. The third-order valence-corrected chi connectivity index (χ3v) is 15.6. The zero-order valence-electron chi connectivity index (χ0n) is 45.0. The number of likely N-dealkylation sites (tertiary alicyclic amines) is 1. The molecule has 7 rings (SSSR count). The fourth-order valence-corrected chi connectivity index (χ4v) is 11.1. The number of halogens is 1. The number of fused-ring (bicyclic) bond motifs is 3. The number of nitrogens with zero attached hydrogens (tertiary/aromatic N) is 6. The van der Waals surface area contributed by atoms with Crippen molar-refractivity contribution in [2.24, 2.45) is 10.4 Å². The number of carbonyl (C=O) groups excluding carboxylic acids is 4. The van der Waals surface area contributed by atoms with Gasteiger partial charge in [0.05, 0.1) is 80.6 Å². The van der Waals surface area contributed by atoms with Gasteiger partial charge >= 0.3 is 0 Å². The number of aromatic nitrogens is 4. The summed E-state index contributed by atoms with van der Waals surface area (Å²) in [5.74, 6) is -0.108. The van der Waals surface area contributed by atoms with E-state index >= 15 is 0 Å². The Morgan fingerprint density at radius 2 is 1.44 bits per heavy atom. The molecule has 0 saturated carbocycles. The van der Waals surface area contributed by atoms with E-state index in [9.17, 15) is 24.3 Å².